The number of nitrogens with zero attached hydrogens (tertiary/aromatic N) is 4. The molecule has 6 nitrogen and oxygen atoms in total. The summed E-state index contributed by atoms with van der Waals surface area (Å²) in [7, 11) is 0. The molecule has 0 spiro atoms. The Bertz CT molecular complexity index is 1150. The van der Waals surface area contributed by atoms with E-state index in [1.54, 1.807) is 25.4 Å². The van der Waals surface area contributed by atoms with Crippen molar-refractivity contribution < 1.29 is 23.1 Å². The summed E-state index contributed by atoms with van der Waals surface area (Å²) in [4.78, 5) is 15.8. The van der Waals surface area contributed by atoms with Gasteiger partial charge in [-0.2, -0.15) is 4.39 Å². The lowest BCUT2D eigenvalue weighted by molar-refractivity contribution is 0.0502. The normalized spacial score (nSPS) is 16.3. The third-order valence-electron chi connectivity index (χ3n) is 5.95. The van der Waals surface area contributed by atoms with E-state index in [1.807, 2.05) is 12.1 Å². The summed E-state index contributed by atoms with van der Waals surface area (Å²) in [5.74, 6) is -2.05. The Hall–Kier alpha value is -3.30. The Morgan fingerprint density at radius 1 is 1.06 bits per heavy atom. The minimum atomic E-state index is -0.998. The van der Waals surface area contributed by atoms with Crippen LogP contribution in [0.2, 0.25) is 0 Å². The molecule has 0 bridgehead atoms. The van der Waals surface area contributed by atoms with Gasteiger partial charge in [0, 0.05) is 24.5 Å². The first kappa shape index (κ1) is 24.8. The average molecular weight is 485 g/mol. The third-order valence-corrected chi connectivity index (χ3v) is 5.95. The minimum absolute atomic E-state index is 0.0464. The van der Waals surface area contributed by atoms with Gasteiger partial charge in [-0.15, -0.1) is 0 Å². The molecule has 4 rings (SSSR count). The average Bonchev–Trinajstić information content (AvgIpc) is 2.85. The molecule has 3 heterocycles. The van der Waals surface area contributed by atoms with Gasteiger partial charge in [-0.05, 0) is 80.2 Å². The van der Waals surface area contributed by atoms with Gasteiger partial charge in [0.1, 0.15) is 12.3 Å². The summed E-state index contributed by atoms with van der Waals surface area (Å²) in [5.41, 5.74) is 3.06. The molecule has 0 aliphatic carbocycles. The van der Waals surface area contributed by atoms with Gasteiger partial charge in [-0.25, -0.2) is 13.8 Å². The van der Waals surface area contributed by atoms with Crippen LogP contribution in [0.3, 0.4) is 0 Å². The molecule has 1 N–H and O–H groups in total. The molecule has 0 saturated carbocycles. The number of benzene rings is 1. The first-order valence-electron chi connectivity index (χ1n) is 11.5. The zero-order chi connectivity index (χ0) is 24.8. The molecule has 1 saturated heterocycles. The summed E-state index contributed by atoms with van der Waals surface area (Å²) < 4.78 is 40.3. The molecule has 1 aliphatic heterocycles. The highest BCUT2D eigenvalue weighted by Gasteiger charge is 2.21. The second-order valence-corrected chi connectivity index (χ2v) is 8.73. The van der Waals surface area contributed by atoms with E-state index in [9.17, 15) is 18.3 Å². The fraction of sp³-hybridized carbons (Fsp3) is 0.346. The molecule has 0 radical (unpaired) electrons. The van der Waals surface area contributed by atoms with Gasteiger partial charge in [-0.3, -0.25) is 9.88 Å². The van der Waals surface area contributed by atoms with Crippen molar-refractivity contribution in [2.24, 2.45) is 5.16 Å². The van der Waals surface area contributed by atoms with Crippen LogP contribution in [0.1, 0.15) is 48.1 Å². The predicted molar refractivity (Wildman–Crippen MR) is 125 cm³/mol. The number of rotatable bonds is 8. The molecule has 9 heteroatoms. The molecule has 1 atom stereocenters. The van der Waals surface area contributed by atoms with Crippen LogP contribution in [0.4, 0.5) is 13.2 Å². The van der Waals surface area contributed by atoms with E-state index >= 15 is 0 Å². The number of piperidine rings is 1. The summed E-state index contributed by atoms with van der Waals surface area (Å²) >= 11 is 0. The van der Waals surface area contributed by atoms with Gasteiger partial charge in [0.2, 0.25) is 5.95 Å². The number of aliphatic hydroxyl groups is 1. The van der Waals surface area contributed by atoms with E-state index in [0.29, 0.717) is 17.2 Å². The minimum Gasteiger partial charge on any atom is -0.392 e. The number of pyridine rings is 2. The molecular weight excluding hydrogens is 457 g/mol. The lowest BCUT2D eigenvalue weighted by Gasteiger charge is -2.32. The van der Waals surface area contributed by atoms with Crippen molar-refractivity contribution in [2.75, 3.05) is 19.7 Å². The van der Waals surface area contributed by atoms with Crippen molar-refractivity contribution in [2.45, 2.75) is 38.3 Å². The Labute approximate surface area is 202 Å². The van der Waals surface area contributed by atoms with E-state index in [0.717, 1.165) is 55.7 Å². The molecular formula is C26H27F3N4O2. The smallest absolute Gasteiger partial charge is 0.212 e. The Balaban J connectivity index is 1.42. The lowest BCUT2D eigenvalue weighted by atomic mass is 9.90. The van der Waals surface area contributed by atoms with Crippen LogP contribution < -0.4 is 0 Å². The van der Waals surface area contributed by atoms with Gasteiger partial charge in [0.05, 0.1) is 11.8 Å². The van der Waals surface area contributed by atoms with Crippen molar-refractivity contribution in [3.63, 3.8) is 0 Å². The van der Waals surface area contributed by atoms with Crippen LogP contribution >= 0.6 is 0 Å². The standard InChI is InChI=1S/C26H27F3N4O2/c1-17(34)16-35-32-26(20-3-5-22(27)23(28)12-20)24-6-2-18(13-30-24)15-33-10-8-19(9-11-33)21-4-7-25(29)31-14-21/h2-7,12-14,17,19,34H,8-11,15-16H2,1H3/b32-26-/t17-/m1/s1. The highest BCUT2D eigenvalue weighted by molar-refractivity contribution is 6.11. The van der Waals surface area contributed by atoms with Gasteiger partial charge in [-0.1, -0.05) is 17.3 Å². The van der Waals surface area contributed by atoms with Gasteiger partial charge < -0.3 is 9.94 Å². The van der Waals surface area contributed by atoms with Gasteiger partial charge >= 0.3 is 0 Å². The summed E-state index contributed by atoms with van der Waals surface area (Å²) in [6.07, 6.45) is 4.55. The molecule has 1 aromatic carbocycles. The zero-order valence-electron chi connectivity index (χ0n) is 19.4. The number of hydrogen-bond acceptors (Lipinski definition) is 6. The van der Waals surface area contributed by atoms with Crippen molar-refractivity contribution in [1.82, 2.24) is 14.9 Å². The first-order valence-corrected chi connectivity index (χ1v) is 11.5. The van der Waals surface area contributed by atoms with E-state index in [4.69, 9.17) is 4.84 Å². The van der Waals surface area contributed by atoms with Crippen LogP contribution in [-0.2, 0) is 11.4 Å². The predicted octanol–water partition coefficient (Wildman–Crippen LogP) is 4.42. The number of oxime groups is 1. The number of likely N-dealkylation sites (tertiary alicyclic amines) is 1. The van der Waals surface area contributed by atoms with E-state index in [2.05, 4.69) is 20.0 Å². The van der Waals surface area contributed by atoms with E-state index in [-0.39, 0.29) is 12.3 Å². The summed E-state index contributed by atoms with van der Waals surface area (Å²) in [6, 6.07) is 10.4. The van der Waals surface area contributed by atoms with Crippen LogP contribution in [0, 0.1) is 17.6 Å². The van der Waals surface area contributed by atoms with Crippen LogP contribution in [-0.4, -0.2) is 51.5 Å². The summed E-state index contributed by atoms with van der Waals surface area (Å²) in [5, 5.41) is 13.5. The summed E-state index contributed by atoms with van der Waals surface area (Å²) in [6.45, 7) is 4.03. The number of aromatic nitrogens is 2. The van der Waals surface area contributed by atoms with E-state index in [1.165, 1.54) is 12.1 Å². The quantitative estimate of drug-likeness (QED) is 0.291. The first-order chi connectivity index (χ1) is 16.9. The molecule has 2 aromatic heterocycles. The second-order valence-electron chi connectivity index (χ2n) is 8.73. The van der Waals surface area contributed by atoms with E-state index < -0.39 is 23.7 Å². The SMILES string of the molecule is C[C@@H](O)CO/N=C(/c1ccc(F)c(F)c1)c1ccc(CN2CCC(c3ccc(F)nc3)CC2)cn1. The molecule has 0 amide bonds. The van der Waals surface area contributed by atoms with Crippen LogP contribution in [0.25, 0.3) is 0 Å². The largest absolute Gasteiger partial charge is 0.392 e. The highest BCUT2D eigenvalue weighted by Crippen LogP contribution is 2.28. The molecule has 0 unspecified atom stereocenters. The number of halogens is 3. The van der Waals surface area contributed by atoms with Crippen molar-refractivity contribution in [1.29, 1.82) is 0 Å². The number of hydrogen-bond donors (Lipinski definition) is 1. The Morgan fingerprint density at radius 2 is 1.86 bits per heavy atom. The van der Waals surface area contributed by atoms with Crippen LogP contribution in [0.5, 0.6) is 0 Å². The molecule has 1 fully saturated rings. The Morgan fingerprint density at radius 3 is 2.49 bits per heavy atom. The van der Waals surface area contributed by atoms with Crippen molar-refractivity contribution in [3.05, 3.63) is 94.8 Å². The maximum absolute atomic E-state index is 13.8. The second kappa shape index (κ2) is 11.4. The lowest BCUT2D eigenvalue weighted by Crippen LogP contribution is -2.32. The fourth-order valence-corrected chi connectivity index (χ4v) is 4.07. The topological polar surface area (TPSA) is 70.8 Å². The Kier molecular flexibility index (Phi) is 8.09. The highest BCUT2D eigenvalue weighted by atomic mass is 19.2. The molecule has 3 aromatic rings. The maximum Gasteiger partial charge on any atom is 0.212 e. The zero-order valence-corrected chi connectivity index (χ0v) is 19.4. The van der Waals surface area contributed by atoms with Crippen LogP contribution in [0.15, 0.2) is 60.0 Å². The number of aliphatic hydroxyl groups excluding tert-OH is 1. The van der Waals surface area contributed by atoms with Crippen molar-refractivity contribution in [3.8, 4) is 0 Å². The fourth-order valence-electron chi connectivity index (χ4n) is 4.07. The molecule has 35 heavy (non-hydrogen) atoms. The van der Waals surface area contributed by atoms with Gasteiger partial charge in [0.15, 0.2) is 11.6 Å². The van der Waals surface area contributed by atoms with Crippen molar-refractivity contribution >= 4 is 5.71 Å². The third kappa shape index (κ3) is 6.64. The maximum atomic E-state index is 13.8. The molecule has 1 aliphatic rings. The van der Waals surface area contributed by atoms with Gasteiger partial charge in [0.25, 0.3) is 0 Å². The monoisotopic (exact) mass is 484 g/mol. The molecule has 184 valence electrons.